The molecule has 0 aliphatic carbocycles. The van der Waals surface area contributed by atoms with Gasteiger partial charge in [-0.1, -0.05) is 18.2 Å². The zero-order valence-electron chi connectivity index (χ0n) is 10.8. The first-order chi connectivity index (χ1) is 9.95. The highest BCUT2D eigenvalue weighted by atomic mass is 35.5. The van der Waals surface area contributed by atoms with Crippen molar-refractivity contribution in [3.8, 4) is 11.1 Å². The summed E-state index contributed by atoms with van der Waals surface area (Å²) in [6.45, 7) is 0.105. The number of benzene rings is 2. The number of hydrogen-bond donors (Lipinski definition) is 1. The van der Waals surface area contributed by atoms with Crippen LogP contribution in [0.2, 0.25) is 0 Å². The molecule has 0 aliphatic rings. The Balaban J connectivity index is 2.36. The van der Waals surface area contributed by atoms with Gasteiger partial charge in [0.05, 0.1) is 10.5 Å². The molecule has 0 amide bonds. The largest absolute Gasteiger partial charge is 0.240 e. The van der Waals surface area contributed by atoms with Gasteiger partial charge in [-0.25, -0.2) is 21.9 Å². The van der Waals surface area contributed by atoms with Crippen LogP contribution in [0, 0.1) is 11.6 Å². The molecule has 0 aliphatic heterocycles. The highest BCUT2D eigenvalue weighted by molar-refractivity contribution is 7.89. The molecule has 2 rings (SSSR count). The zero-order valence-corrected chi connectivity index (χ0v) is 12.4. The standard InChI is InChI=1S/C14H12ClF2NO2S/c15-8-9-18-21(19,20)11-6-4-10(5-7-11)14-12(16)2-1-3-13(14)17/h1-7,18H,8-9H2. The monoisotopic (exact) mass is 331 g/mol. The predicted octanol–water partition coefficient (Wildman–Crippen LogP) is 3.15. The smallest absolute Gasteiger partial charge is 0.210 e. The van der Waals surface area contributed by atoms with Crippen molar-refractivity contribution in [2.24, 2.45) is 0 Å². The van der Waals surface area contributed by atoms with Gasteiger partial charge in [-0.15, -0.1) is 11.6 Å². The van der Waals surface area contributed by atoms with E-state index in [1.165, 1.54) is 30.3 Å². The number of nitrogens with one attached hydrogen (secondary N) is 1. The van der Waals surface area contributed by atoms with E-state index < -0.39 is 21.7 Å². The van der Waals surface area contributed by atoms with Crippen molar-refractivity contribution in [2.45, 2.75) is 4.90 Å². The molecule has 21 heavy (non-hydrogen) atoms. The highest BCUT2D eigenvalue weighted by Gasteiger charge is 2.15. The van der Waals surface area contributed by atoms with Gasteiger partial charge in [0, 0.05) is 12.4 Å². The van der Waals surface area contributed by atoms with Crippen LogP contribution in [0.4, 0.5) is 8.78 Å². The third-order valence-corrected chi connectivity index (χ3v) is 4.47. The van der Waals surface area contributed by atoms with E-state index in [9.17, 15) is 17.2 Å². The number of hydrogen-bond acceptors (Lipinski definition) is 2. The van der Waals surface area contributed by atoms with Gasteiger partial charge in [-0.2, -0.15) is 0 Å². The minimum Gasteiger partial charge on any atom is -0.210 e. The fourth-order valence-corrected chi connectivity index (χ4v) is 3.07. The van der Waals surface area contributed by atoms with E-state index in [0.717, 1.165) is 12.1 Å². The molecule has 7 heteroatoms. The SMILES string of the molecule is O=S(=O)(NCCCl)c1ccc(-c2c(F)cccc2F)cc1. The molecule has 0 bridgehead atoms. The lowest BCUT2D eigenvalue weighted by Crippen LogP contribution is -2.25. The summed E-state index contributed by atoms with van der Waals surface area (Å²) in [6, 6.07) is 8.85. The summed E-state index contributed by atoms with van der Waals surface area (Å²) in [5.74, 6) is -1.26. The van der Waals surface area contributed by atoms with Gasteiger partial charge >= 0.3 is 0 Å². The van der Waals surface area contributed by atoms with Crippen LogP contribution in [0.25, 0.3) is 11.1 Å². The van der Waals surface area contributed by atoms with Gasteiger partial charge in [0.25, 0.3) is 0 Å². The fraction of sp³-hybridized carbons (Fsp3) is 0.143. The molecule has 0 atom stereocenters. The van der Waals surface area contributed by atoms with Crippen molar-refractivity contribution in [1.29, 1.82) is 0 Å². The Morgan fingerprint density at radius 2 is 1.57 bits per heavy atom. The first-order valence-electron chi connectivity index (χ1n) is 6.06. The summed E-state index contributed by atoms with van der Waals surface area (Å²) in [6.07, 6.45) is 0. The van der Waals surface area contributed by atoms with Crippen molar-refractivity contribution >= 4 is 21.6 Å². The number of rotatable bonds is 5. The van der Waals surface area contributed by atoms with Gasteiger partial charge in [0.15, 0.2) is 0 Å². The molecule has 1 N–H and O–H groups in total. The third kappa shape index (κ3) is 3.58. The molecule has 0 aromatic heterocycles. The molecule has 0 heterocycles. The number of sulfonamides is 1. The molecule has 3 nitrogen and oxygen atoms in total. The maximum Gasteiger partial charge on any atom is 0.240 e. The normalized spacial score (nSPS) is 11.6. The third-order valence-electron chi connectivity index (χ3n) is 2.80. The first-order valence-corrected chi connectivity index (χ1v) is 8.07. The Bertz CT molecular complexity index is 713. The topological polar surface area (TPSA) is 46.2 Å². The lowest BCUT2D eigenvalue weighted by molar-refractivity contribution is 0.584. The van der Waals surface area contributed by atoms with Crippen LogP contribution in [0.1, 0.15) is 0 Å². The van der Waals surface area contributed by atoms with Gasteiger partial charge in [0.1, 0.15) is 11.6 Å². The highest BCUT2D eigenvalue weighted by Crippen LogP contribution is 2.26. The van der Waals surface area contributed by atoms with E-state index in [1.807, 2.05) is 0 Å². The molecule has 112 valence electrons. The maximum atomic E-state index is 13.7. The maximum absolute atomic E-state index is 13.7. The molecule has 0 fully saturated rings. The Labute approximate surface area is 126 Å². The van der Waals surface area contributed by atoms with Gasteiger partial charge < -0.3 is 0 Å². The molecular weight excluding hydrogens is 320 g/mol. The van der Waals surface area contributed by atoms with Gasteiger partial charge in [-0.3, -0.25) is 0 Å². The predicted molar refractivity (Wildman–Crippen MR) is 77.7 cm³/mol. The van der Waals surface area contributed by atoms with Gasteiger partial charge in [0.2, 0.25) is 10.0 Å². The molecule has 2 aromatic carbocycles. The van der Waals surface area contributed by atoms with Crippen molar-refractivity contribution in [1.82, 2.24) is 4.72 Å². The Hall–Kier alpha value is -1.50. The lowest BCUT2D eigenvalue weighted by Gasteiger charge is -2.08. The molecule has 0 radical (unpaired) electrons. The Morgan fingerprint density at radius 1 is 1.00 bits per heavy atom. The Kier molecular flexibility index (Phi) is 4.92. The molecule has 0 saturated carbocycles. The van der Waals surface area contributed by atoms with Crippen LogP contribution in [-0.4, -0.2) is 20.8 Å². The minimum absolute atomic E-state index is 0.00751. The van der Waals surface area contributed by atoms with Crippen molar-refractivity contribution in [3.63, 3.8) is 0 Å². The van der Waals surface area contributed by atoms with Gasteiger partial charge in [-0.05, 0) is 29.8 Å². The summed E-state index contributed by atoms with van der Waals surface area (Å²) in [5.41, 5.74) is 0.0806. The summed E-state index contributed by atoms with van der Waals surface area (Å²) >= 11 is 5.42. The van der Waals surface area contributed by atoms with E-state index in [1.54, 1.807) is 0 Å². The van der Waals surface area contributed by atoms with Crippen molar-refractivity contribution in [2.75, 3.05) is 12.4 Å². The molecule has 0 unspecified atom stereocenters. The van der Waals surface area contributed by atoms with E-state index in [4.69, 9.17) is 11.6 Å². The average molecular weight is 332 g/mol. The quantitative estimate of drug-likeness (QED) is 0.855. The summed E-state index contributed by atoms with van der Waals surface area (Å²) in [7, 11) is -3.66. The Morgan fingerprint density at radius 3 is 2.10 bits per heavy atom. The summed E-state index contributed by atoms with van der Waals surface area (Å²) in [5, 5.41) is 0. The second-order valence-electron chi connectivity index (χ2n) is 4.21. The second-order valence-corrected chi connectivity index (χ2v) is 6.35. The molecule has 0 saturated heterocycles. The minimum atomic E-state index is -3.66. The molecular formula is C14H12ClF2NO2S. The second kappa shape index (κ2) is 6.51. The number of halogens is 3. The molecule has 0 spiro atoms. The van der Waals surface area contributed by atoms with E-state index in [-0.39, 0.29) is 28.4 Å². The fourth-order valence-electron chi connectivity index (χ4n) is 1.83. The first kappa shape index (κ1) is 15.9. The average Bonchev–Trinajstić information content (AvgIpc) is 2.45. The van der Waals surface area contributed by atoms with Crippen LogP contribution in [0.5, 0.6) is 0 Å². The van der Waals surface area contributed by atoms with Crippen LogP contribution in [0.3, 0.4) is 0 Å². The van der Waals surface area contributed by atoms with Crippen LogP contribution < -0.4 is 4.72 Å². The van der Waals surface area contributed by atoms with E-state index in [0.29, 0.717) is 0 Å². The van der Waals surface area contributed by atoms with E-state index >= 15 is 0 Å². The summed E-state index contributed by atoms with van der Waals surface area (Å²) < 4.78 is 53.3. The van der Waals surface area contributed by atoms with Crippen LogP contribution in [-0.2, 0) is 10.0 Å². The summed E-state index contributed by atoms with van der Waals surface area (Å²) in [4.78, 5) is 0.00751. The molecule has 2 aromatic rings. The van der Waals surface area contributed by atoms with Crippen LogP contribution >= 0.6 is 11.6 Å². The van der Waals surface area contributed by atoms with Crippen molar-refractivity contribution in [3.05, 3.63) is 54.1 Å². The van der Waals surface area contributed by atoms with E-state index in [2.05, 4.69) is 4.72 Å². The number of alkyl halides is 1. The lowest BCUT2D eigenvalue weighted by atomic mass is 10.0. The van der Waals surface area contributed by atoms with Crippen molar-refractivity contribution < 1.29 is 17.2 Å². The van der Waals surface area contributed by atoms with Crippen LogP contribution in [0.15, 0.2) is 47.4 Å². The zero-order chi connectivity index (χ0) is 15.5.